The topological polar surface area (TPSA) is 26.3 Å². The molecule has 2 nitrogen and oxygen atoms in total. The Kier molecular flexibility index (Phi) is 1.77. The molecule has 64 valence electrons. The molecule has 1 aliphatic rings. The van der Waals surface area contributed by atoms with E-state index in [2.05, 4.69) is 0 Å². The molecule has 3 heteroatoms. The lowest BCUT2D eigenvalue weighted by Gasteiger charge is -2.36. The normalized spacial score (nSPS) is 20.1. The Morgan fingerprint density at radius 2 is 2.42 bits per heavy atom. The van der Waals surface area contributed by atoms with Crippen LogP contribution in [0.25, 0.3) is 0 Å². The Morgan fingerprint density at radius 1 is 1.67 bits per heavy atom. The highest BCUT2D eigenvalue weighted by Gasteiger charge is 2.42. The second-order valence-electron chi connectivity index (χ2n) is 3.20. The van der Waals surface area contributed by atoms with E-state index >= 15 is 0 Å². The molecule has 12 heavy (non-hydrogen) atoms. The fourth-order valence-corrected chi connectivity index (χ4v) is 2.52. The summed E-state index contributed by atoms with van der Waals surface area (Å²) < 4.78 is 5.08. The minimum atomic E-state index is -0.307. The van der Waals surface area contributed by atoms with Crippen LogP contribution in [0.15, 0.2) is 11.4 Å². The standard InChI is InChI=1S/C9H10O2S/c1-7-2-3-12-8(7)9(4-10)5-11-6-9/h2-4H,5-6H2,1H3. The van der Waals surface area contributed by atoms with Gasteiger partial charge in [0.1, 0.15) is 11.7 Å². The Morgan fingerprint density at radius 3 is 2.75 bits per heavy atom. The number of thiophene rings is 1. The van der Waals surface area contributed by atoms with E-state index in [9.17, 15) is 4.79 Å². The summed E-state index contributed by atoms with van der Waals surface area (Å²) in [5.74, 6) is 0. The smallest absolute Gasteiger partial charge is 0.136 e. The Hall–Kier alpha value is -0.670. The first-order valence-corrected chi connectivity index (χ1v) is 4.75. The zero-order chi connectivity index (χ0) is 8.60. The average molecular weight is 182 g/mol. The number of rotatable bonds is 2. The van der Waals surface area contributed by atoms with Crippen LogP contribution in [0.1, 0.15) is 10.4 Å². The second kappa shape index (κ2) is 2.68. The van der Waals surface area contributed by atoms with E-state index in [-0.39, 0.29) is 5.41 Å². The Balaban J connectivity index is 2.40. The van der Waals surface area contributed by atoms with Crippen LogP contribution in [-0.4, -0.2) is 19.5 Å². The van der Waals surface area contributed by atoms with E-state index in [1.54, 1.807) is 11.3 Å². The fraction of sp³-hybridized carbons (Fsp3) is 0.444. The molecule has 0 atom stereocenters. The van der Waals surface area contributed by atoms with Gasteiger partial charge in [-0.05, 0) is 23.9 Å². The summed E-state index contributed by atoms with van der Waals surface area (Å²) in [7, 11) is 0. The van der Waals surface area contributed by atoms with Gasteiger partial charge in [0.25, 0.3) is 0 Å². The van der Waals surface area contributed by atoms with Gasteiger partial charge in [0.2, 0.25) is 0 Å². The predicted octanol–water partition coefficient (Wildman–Crippen LogP) is 1.52. The average Bonchev–Trinajstić information content (AvgIpc) is 2.36. The van der Waals surface area contributed by atoms with Crippen LogP contribution in [0.2, 0.25) is 0 Å². The molecule has 0 spiro atoms. The van der Waals surface area contributed by atoms with Crippen molar-refractivity contribution in [2.24, 2.45) is 0 Å². The summed E-state index contributed by atoms with van der Waals surface area (Å²) >= 11 is 1.65. The molecule has 0 aromatic carbocycles. The van der Waals surface area contributed by atoms with Gasteiger partial charge in [-0.1, -0.05) is 0 Å². The third kappa shape index (κ3) is 0.934. The molecular formula is C9H10O2S. The van der Waals surface area contributed by atoms with Gasteiger partial charge in [-0.2, -0.15) is 0 Å². The van der Waals surface area contributed by atoms with E-state index in [0.29, 0.717) is 13.2 Å². The van der Waals surface area contributed by atoms with Crippen LogP contribution >= 0.6 is 11.3 Å². The van der Waals surface area contributed by atoms with Gasteiger partial charge >= 0.3 is 0 Å². The van der Waals surface area contributed by atoms with Crippen LogP contribution in [0.3, 0.4) is 0 Å². The summed E-state index contributed by atoms with van der Waals surface area (Å²) in [5.41, 5.74) is 0.897. The minimum Gasteiger partial charge on any atom is -0.378 e. The highest BCUT2D eigenvalue weighted by molar-refractivity contribution is 7.10. The molecule has 0 bridgehead atoms. The number of hydrogen-bond donors (Lipinski definition) is 0. The summed E-state index contributed by atoms with van der Waals surface area (Å²) in [5, 5.41) is 2.02. The van der Waals surface area contributed by atoms with Crippen LogP contribution in [0, 0.1) is 6.92 Å². The largest absolute Gasteiger partial charge is 0.378 e. The van der Waals surface area contributed by atoms with Crippen molar-refractivity contribution < 1.29 is 9.53 Å². The third-order valence-corrected chi connectivity index (χ3v) is 3.50. The van der Waals surface area contributed by atoms with Crippen LogP contribution < -0.4 is 0 Å². The van der Waals surface area contributed by atoms with Crippen molar-refractivity contribution in [2.45, 2.75) is 12.3 Å². The zero-order valence-electron chi connectivity index (χ0n) is 6.87. The molecule has 0 aliphatic carbocycles. The molecular weight excluding hydrogens is 172 g/mol. The lowest BCUT2D eigenvalue weighted by Crippen LogP contribution is -2.47. The van der Waals surface area contributed by atoms with Gasteiger partial charge in [0.05, 0.1) is 13.2 Å². The second-order valence-corrected chi connectivity index (χ2v) is 4.12. The van der Waals surface area contributed by atoms with Gasteiger partial charge in [-0.15, -0.1) is 11.3 Å². The van der Waals surface area contributed by atoms with Crippen LogP contribution in [0.5, 0.6) is 0 Å². The Labute approximate surface area is 75.2 Å². The predicted molar refractivity (Wildman–Crippen MR) is 47.6 cm³/mol. The molecule has 0 amide bonds. The van der Waals surface area contributed by atoms with Crippen molar-refractivity contribution in [3.05, 3.63) is 21.9 Å². The number of carbonyl (C=O) groups excluding carboxylic acids is 1. The molecule has 0 unspecified atom stereocenters. The van der Waals surface area contributed by atoms with Crippen LogP contribution in [-0.2, 0) is 14.9 Å². The number of ether oxygens (including phenoxy) is 1. The van der Waals surface area contributed by atoms with Crippen molar-refractivity contribution in [3.8, 4) is 0 Å². The minimum absolute atomic E-state index is 0.307. The first-order valence-electron chi connectivity index (χ1n) is 3.87. The molecule has 0 radical (unpaired) electrons. The van der Waals surface area contributed by atoms with Crippen molar-refractivity contribution in [1.82, 2.24) is 0 Å². The summed E-state index contributed by atoms with van der Waals surface area (Å²) in [6.45, 7) is 3.14. The molecule has 1 aromatic rings. The highest BCUT2D eigenvalue weighted by Crippen LogP contribution is 2.35. The molecule has 2 heterocycles. The highest BCUT2D eigenvalue weighted by atomic mass is 32.1. The Bertz CT molecular complexity index is 299. The quantitative estimate of drug-likeness (QED) is 0.648. The summed E-state index contributed by atoms with van der Waals surface area (Å²) in [6.07, 6.45) is 1.02. The van der Waals surface area contributed by atoms with Gasteiger partial charge in [0, 0.05) is 4.88 Å². The summed E-state index contributed by atoms with van der Waals surface area (Å²) in [4.78, 5) is 12.1. The third-order valence-electron chi connectivity index (χ3n) is 2.26. The molecule has 1 saturated heterocycles. The molecule has 1 fully saturated rings. The van der Waals surface area contributed by atoms with E-state index in [4.69, 9.17) is 4.74 Å². The van der Waals surface area contributed by atoms with Gasteiger partial charge in [0.15, 0.2) is 0 Å². The van der Waals surface area contributed by atoms with Crippen molar-refractivity contribution in [1.29, 1.82) is 0 Å². The van der Waals surface area contributed by atoms with Gasteiger partial charge in [-0.3, -0.25) is 0 Å². The maximum Gasteiger partial charge on any atom is 0.136 e. The molecule has 2 rings (SSSR count). The van der Waals surface area contributed by atoms with E-state index in [0.717, 1.165) is 6.29 Å². The number of aldehydes is 1. The van der Waals surface area contributed by atoms with Crippen LogP contribution in [0.4, 0.5) is 0 Å². The lowest BCUT2D eigenvalue weighted by atomic mass is 9.84. The number of carbonyl (C=O) groups is 1. The van der Waals surface area contributed by atoms with Crippen molar-refractivity contribution >= 4 is 17.6 Å². The van der Waals surface area contributed by atoms with Crippen molar-refractivity contribution in [3.63, 3.8) is 0 Å². The number of aryl methyl sites for hydroxylation is 1. The van der Waals surface area contributed by atoms with Gasteiger partial charge < -0.3 is 9.53 Å². The van der Waals surface area contributed by atoms with Gasteiger partial charge in [-0.25, -0.2) is 0 Å². The molecule has 0 saturated carbocycles. The molecule has 1 aromatic heterocycles. The van der Waals surface area contributed by atoms with Crippen molar-refractivity contribution in [2.75, 3.05) is 13.2 Å². The zero-order valence-corrected chi connectivity index (χ0v) is 7.69. The fourth-order valence-electron chi connectivity index (χ4n) is 1.46. The first-order chi connectivity index (χ1) is 5.78. The van der Waals surface area contributed by atoms with E-state index in [1.807, 2.05) is 18.4 Å². The summed E-state index contributed by atoms with van der Waals surface area (Å²) in [6, 6.07) is 2.05. The number of hydrogen-bond acceptors (Lipinski definition) is 3. The van der Waals surface area contributed by atoms with E-state index in [1.165, 1.54) is 10.4 Å². The SMILES string of the molecule is Cc1ccsc1C1(C=O)COC1. The van der Waals surface area contributed by atoms with E-state index < -0.39 is 0 Å². The maximum absolute atomic E-state index is 10.9. The lowest BCUT2D eigenvalue weighted by molar-refractivity contribution is -0.129. The molecule has 1 aliphatic heterocycles. The maximum atomic E-state index is 10.9. The monoisotopic (exact) mass is 182 g/mol. The molecule has 0 N–H and O–H groups in total. The first kappa shape index (κ1) is 7.95.